The lowest BCUT2D eigenvalue weighted by Gasteiger charge is -2.17. The number of nitrogens with one attached hydrogen (secondary N) is 1. The third-order valence-corrected chi connectivity index (χ3v) is 4.39. The van der Waals surface area contributed by atoms with Gasteiger partial charge < -0.3 is 19.7 Å². The lowest BCUT2D eigenvalue weighted by molar-refractivity contribution is -0.151. The first-order valence-electron chi connectivity index (χ1n) is 8.48. The molecule has 146 valence electrons. The Labute approximate surface area is 166 Å². The topological polar surface area (TPSA) is 97.8 Å². The predicted octanol–water partition coefficient (Wildman–Crippen LogP) is 2.28. The molecule has 1 aliphatic rings. The minimum Gasteiger partial charge on any atom is -0.497 e. The van der Waals surface area contributed by atoms with Crippen LogP contribution in [0.5, 0.6) is 5.75 Å². The third-order valence-electron chi connectivity index (χ3n) is 4.16. The van der Waals surface area contributed by atoms with Crippen LogP contribution in [0.25, 0.3) is 0 Å². The van der Waals surface area contributed by atoms with Gasteiger partial charge in [0.05, 0.1) is 18.1 Å². The van der Waals surface area contributed by atoms with Crippen molar-refractivity contribution in [1.82, 2.24) is 4.98 Å². The number of benzene rings is 1. The Kier molecular flexibility index (Phi) is 6.10. The van der Waals surface area contributed by atoms with Gasteiger partial charge in [0.25, 0.3) is 5.91 Å². The van der Waals surface area contributed by atoms with Gasteiger partial charge in [0.2, 0.25) is 5.91 Å². The van der Waals surface area contributed by atoms with E-state index < -0.39 is 24.4 Å². The molecule has 1 saturated heterocycles. The quantitative estimate of drug-likeness (QED) is 0.743. The number of halogens is 1. The van der Waals surface area contributed by atoms with E-state index in [9.17, 15) is 14.4 Å². The van der Waals surface area contributed by atoms with Crippen LogP contribution in [0.2, 0.25) is 5.02 Å². The highest BCUT2D eigenvalue weighted by molar-refractivity contribution is 6.30. The van der Waals surface area contributed by atoms with E-state index in [1.54, 1.807) is 30.3 Å². The van der Waals surface area contributed by atoms with Gasteiger partial charge in [-0.2, -0.15) is 0 Å². The van der Waals surface area contributed by atoms with Crippen molar-refractivity contribution < 1.29 is 23.9 Å². The number of esters is 1. The molecule has 0 spiro atoms. The minimum atomic E-state index is -0.639. The van der Waals surface area contributed by atoms with Crippen LogP contribution in [-0.4, -0.2) is 43.0 Å². The van der Waals surface area contributed by atoms with Crippen molar-refractivity contribution >= 4 is 40.9 Å². The van der Waals surface area contributed by atoms with Gasteiger partial charge in [0, 0.05) is 30.9 Å². The van der Waals surface area contributed by atoms with Gasteiger partial charge in [-0.15, -0.1) is 0 Å². The molecule has 9 heteroatoms. The number of hydrogen-bond acceptors (Lipinski definition) is 6. The van der Waals surface area contributed by atoms with Crippen molar-refractivity contribution in [1.29, 1.82) is 0 Å². The second kappa shape index (κ2) is 8.71. The maximum absolute atomic E-state index is 12.3. The Morgan fingerprint density at radius 1 is 1.32 bits per heavy atom. The van der Waals surface area contributed by atoms with Gasteiger partial charge in [0.1, 0.15) is 11.6 Å². The monoisotopic (exact) mass is 403 g/mol. The number of nitrogens with zero attached hydrogens (tertiary/aromatic N) is 2. The molecule has 3 rings (SSSR count). The van der Waals surface area contributed by atoms with E-state index in [-0.39, 0.29) is 18.9 Å². The van der Waals surface area contributed by atoms with Gasteiger partial charge in [-0.3, -0.25) is 14.4 Å². The molecule has 1 atom stereocenters. The molecule has 28 heavy (non-hydrogen) atoms. The molecule has 2 heterocycles. The molecule has 1 N–H and O–H groups in total. The molecule has 0 aliphatic carbocycles. The lowest BCUT2D eigenvalue weighted by atomic mass is 10.1. The van der Waals surface area contributed by atoms with Gasteiger partial charge in [-0.25, -0.2) is 4.98 Å². The van der Waals surface area contributed by atoms with E-state index in [0.717, 1.165) is 0 Å². The zero-order chi connectivity index (χ0) is 20.1. The Morgan fingerprint density at radius 2 is 2.14 bits per heavy atom. The molecule has 2 aromatic rings. The molecular weight excluding hydrogens is 386 g/mol. The second-order valence-corrected chi connectivity index (χ2v) is 6.56. The largest absolute Gasteiger partial charge is 0.497 e. The molecular formula is C19H18ClN3O5. The van der Waals surface area contributed by atoms with Crippen LogP contribution in [0.15, 0.2) is 42.6 Å². The molecule has 1 unspecified atom stereocenters. The number of carbonyl (C=O) groups is 3. The van der Waals surface area contributed by atoms with Gasteiger partial charge >= 0.3 is 5.97 Å². The van der Waals surface area contributed by atoms with E-state index in [1.807, 2.05) is 0 Å². The molecule has 1 aliphatic heterocycles. The number of anilines is 2. The standard InChI is InChI=1S/C19H18ClN3O5/c1-27-15-4-2-3-14(8-15)23-10-12(7-18(23)25)19(26)28-11-17(24)22-16-6-5-13(20)9-21-16/h2-6,8-9,12H,7,10-11H2,1H3,(H,21,22,24). The summed E-state index contributed by atoms with van der Waals surface area (Å²) in [4.78, 5) is 41.8. The molecule has 0 saturated carbocycles. The van der Waals surface area contributed by atoms with Gasteiger partial charge in [-0.05, 0) is 24.3 Å². The van der Waals surface area contributed by atoms with Crippen molar-refractivity contribution in [2.45, 2.75) is 6.42 Å². The number of ether oxygens (including phenoxy) is 2. The summed E-state index contributed by atoms with van der Waals surface area (Å²) in [6.07, 6.45) is 1.41. The first-order chi connectivity index (χ1) is 13.5. The normalized spacial score (nSPS) is 16.0. The van der Waals surface area contributed by atoms with Crippen LogP contribution in [0.4, 0.5) is 11.5 Å². The number of hydrogen-bond donors (Lipinski definition) is 1. The SMILES string of the molecule is COc1cccc(N2CC(C(=O)OCC(=O)Nc3ccc(Cl)cn3)CC2=O)c1. The summed E-state index contributed by atoms with van der Waals surface area (Å²) in [5.74, 6) is -1.05. The number of rotatable bonds is 6. The average molecular weight is 404 g/mol. The Morgan fingerprint density at radius 3 is 2.86 bits per heavy atom. The van der Waals surface area contributed by atoms with Crippen LogP contribution in [0.3, 0.4) is 0 Å². The van der Waals surface area contributed by atoms with Crippen molar-refractivity contribution in [3.05, 3.63) is 47.6 Å². The van der Waals surface area contributed by atoms with Crippen LogP contribution in [-0.2, 0) is 19.1 Å². The molecule has 1 aromatic heterocycles. The van der Waals surface area contributed by atoms with Gasteiger partial charge in [0.15, 0.2) is 6.61 Å². The first-order valence-corrected chi connectivity index (χ1v) is 8.86. The molecule has 1 aromatic carbocycles. The summed E-state index contributed by atoms with van der Waals surface area (Å²) < 4.78 is 10.2. The second-order valence-electron chi connectivity index (χ2n) is 6.12. The van der Waals surface area contributed by atoms with Crippen LogP contribution >= 0.6 is 11.6 Å². The van der Waals surface area contributed by atoms with E-state index in [2.05, 4.69) is 10.3 Å². The predicted molar refractivity (Wildman–Crippen MR) is 102 cm³/mol. The highest BCUT2D eigenvalue weighted by atomic mass is 35.5. The molecule has 1 fully saturated rings. The fraction of sp³-hybridized carbons (Fsp3) is 0.263. The maximum Gasteiger partial charge on any atom is 0.311 e. The van der Waals surface area contributed by atoms with Crippen molar-refractivity contribution in [3.63, 3.8) is 0 Å². The average Bonchev–Trinajstić information content (AvgIpc) is 3.10. The summed E-state index contributed by atoms with van der Waals surface area (Å²) in [5.41, 5.74) is 0.645. The zero-order valence-corrected chi connectivity index (χ0v) is 15.8. The van der Waals surface area contributed by atoms with E-state index >= 15 is 0 Å². The number of amides is 2. The van der Waals surface area contributed by atoms with E-state index in [1.165, 1.54) is 24.3 Å². The van der Waals surface area contributed by atoms with Gasteiger partial charge in [-0.1, -0.05) is 17.7 Å². The number of carbonyl (C=O) groups excluding carboxylic acids is 3. The maximum atomic E-state index is 12.3. The lowest BCUT2D eigenvalue weighted by Crippen LogP contribution is -2.28. The first kappa shape index (κ1) is 19.6. The Hall–Kier alpha value is -3.13. The van der Waals surface area contributed by atoms with Crippen molar-refractivity contribution in [2.24, 2.45) is 5.92 Å². The Bertz CT molecular complexity index is 887. The summed E-state index contributed by atoms with van der Waals surface area (Å²) >= 11 is 5.73. The Balaban J connectivity index is 1.52. The van der Waals surface area contributed by atoms with Crippen molar-refractivity contribution in [3.8, 4) is 5.75 Å². The summed E-state index contributed by atoms with van der Waals surface area (Å²) in [7, 11) is 1.54. The number of methoxy groups -OCH3 is 1. The fourth-order valence-electron chi connectivity index (χ4n) is 2.78. The summed E-state index contributed by atoms with van der Waals surface area (Å²) in [6.45, 7) is -0.280. The van der Waals surface area contributed by atoms with Crippen LogP contribution in [0.1, 0.15) is 6.42 Å². The molecule has 0 radical (unpaired) electrons. The minimum absolute atomic E-state index is 0.0242. The smallest absolute Gasteiger partial charge is 0.311 e. The van der Waals surface area contributed by atoms with E-state index in [0.29, 0.717) is 22.3 Å². The molecule has 0 bridgehead atoms. The van der Waals surface area contributed by atoms with E-state index in [4.69, 9.17) is 21.1 Å². The summed E-state index contributed by atoms with van der Waals surface area (Å²) in [6, 6.07) is 10.1. The third kappa shape index (κ3) is 4.77. The zero-order valence-electron chi connectivity index (χ0n) is 15.1. The van der Waals surface area contributed by atoms with Crippen LogP contribution < -0.4 is 15.0 Å². The molecule has 8 nitrogen and oxygen atoms in total. The van der Waals surface area contributed by atoms with Crippen molar-refractivity contribution in [2.75, 3.05) is 30.5 Å². The highest BCUT2D eigenvalue weighted by Gasteiger charge is 2.36. The van der Waals surface area contributed by atoms with Crippen LogP contribution in [0, 0.1) is 5.92 Å². The number of aromatic nitrogens is 1. The fourth-order valence-corrected chi connectivity index (χ4v) is 2.89. The number of pyridine rings is 1. The molecule has 2 amide bonds. The highest BCUT2D eigenvalue weighted by Crippen LogP contribution is 2.28. The summed E-state index contributed by atoms with van der Waals surface area (Å²) in [5, 5.41) is 2.93.